The fourth-order valence-corrected chi connectivity index (χ4v) is 2.63. The van der Waals surface area contributed by atoms with Crippen molar-refractivity contribution in [1.29, 1.82) is 0 Å². The number of nitrogens with one attached hydrogen (secondary N) is 1. The number of carbonyl (C=O) groups excluding carboxylic acids is 2. The van der Waals surface area contributed by atoms with E-state index in [9.17, 15) is 9.59 Å². The van der Waals surface area contributed by atoms with E-state index in [0.717, 1.165) is 38.8 Å². The molecule has 0 unspecified atom stereocenters. The van der Waals surface area contributed by atoms with E-state index in [0.29, 0.717) is 6.61 Å². The summed E-state index contributed by atoms with van der Waals surface area (Å²) >= 11 is 0. The quantitative estimate of drug-likeness (QED) is 0.691. The summed E-state index contributed by atoms with van der Waals surface area (Å²) in [7, 11) is 0. The predicted molar refractivity (Wildman–Crippen MR) is 65.8 cm³/mol. The molecule has 0 aromatic heterocycles. The van der Waals surface area contributed by atoms with E-state index in [2.05, 4.69) is 5.32 Å². The van der Waals surface area contributed by atoms with Crippen molar-refractivity contribution in [2.24, 2.45) is 5.73 Å². The highest BCUT2D eigenvalue weighted by atomic mass is 16.5. The molecule has 2 saturated heterocycles. The summed E-state index contributed by atoms with van der Waals surface area (Å²) < 4.78 is 5.41. The van der Waals surface area contributed by atoms with Gasteiger partial charge < -0.3 is 20.7 Å². The largest absolute Gasteiger partial charge is 0.368 e. The molecule has 0 spiro atoms. The molecule has 0 bridgehead atoms. The van der Waals surface area contributed by atoms with Crippen LogP contribution in [0.2, 0.25) is 0 Å². The summed E-state index contributed by atoms with van der Waals surface area (Å²) in [6, 6.07) is 0.107. The van der Waals surface area contributed by atoms with E-state index in [-0.39, 0.29) is 24.6 Å². The first-order valence-electron chi connectivity index (χ1n) is 6.59. The standard InChI is InChI=1S/C12H21N3O3/c13-11(16)8-15(9-3-5-14-6-4-9)12(17)10-2-1-7-18-10/h9-10,14H,1-8H2,(H2,13,16)/t10-/m0/s1. The van der Waals surface area contributed by atoms with E-state index >= 15 is 0 Å². The lowest BCUT2D eigenvalue weighted by molar-refractivity contribution is -0.146. The van der Waals surface area contributed by atoms with Crippen molar-refractivity contribution >= 4 is 11.8 Å². The van der Waals surface area contributed by atoms with Crippen molar-refractivity contribution < 1.29 is 14.3 Å². The van der Waals surface area contributed by atoms with E-state index in [4.69, 9.17) is 10.5 Å². The van der Waals surface area contributed by atoms with Gasteiger partial charge in [-0.2, -0.15) is 0 Å². The molecule has 0 aliphatic carbocycles. The Morgan fingerprint density at radius 1 is 1.28 bits per heavy atom. The number of piperidine rings is 1. The van der Waals surface area contributed by atoms with Gasteiger partial charge in [0.15, 0.2) is 0 Å². The highest BCUT2D eigenvalue weighted by molar-refractivity contribution is 5.86. The number of ether oxygens (including phenoxy) is 1. The second kappa shape index (κ2) is 6.15. The third-order valence-corrected chi connectivity index (χ3v) is 3.56. The maximum atomic E-state index is 12.4. The van der Waals surface area contributed by atoms with E-state index < -0.39 is 5.91 Å². The molecule has 0 saturated carbocycles. The monoisotopic (exact) mass is 255 g/mol. The first-order valence-corrected chi connectivity index (χ1v) is 6.59. The molecule has 102 valence electrons. The highest BCUT2D eigenvalue weighted by Gasteiger charge is 2.33. The van der Waals surface area contributed by atoms with Gasteiger partial charge in [0.1, 0.15) is 6.10 Å². The van der Waals surface area contributed by atoms with Crippen LogP contribution in [-0.2, 0) is 14.3 Å². The summed E-state index contributed by atoms with van der Waals surface area (Å²) in [5, 5.41) is 3.25. The van der Waals surface area contributed by atoms with Gasteiger partial charge in [0.2, 0.25) is 5.91 Å². The van der Waals surface area contributed by atoms with Crippen molar-refractivity contribution in [2.75, 3.05) is 26.2 Å². The summed E-state index contributed by atoms with van der Waals surface area (Å²) in [5.41, 5.74) is 5.25. The SMILES string of the molecule is NC(=O)CN(C(=O)[C@@H]1CCCO1)C1CCNCC1. The number of hydrogen-bond acceptors (Lipinski definition) is 4. The van der Waals surface area contributed by atoms with Gasteiger partial charge in [0.05, 0.1) is 6.54 Å². The van der Waals surface area contributed by atoms with Gasteiger partial charge in [-0.05, 0) is 38.8 Å². The zero-order chi connectivity index (χ0) is 13.0. The third-order valence-electron chi connectivity index (χ3n) is 3.56. The van der Waals surface area contributed by atoms with Crippen LogP contribution in [0.4, 0.5) is 0 Å². The first kappa shape index (κ1) is 13.3. The molecule has 2 rings (SSSR count). The molecule has 2 heterocycles. The van der Waals surface area contributed by atoms with Gasteiger partial charge in [-0.1, -0.05) is 0 Å². The number of carbonyl (C=O) groups is 2. The molecule has 6 heteroatoms. The fraction of sp³-hybridized carbons (Fsp3) is 0.833. The zero-order valence-electron chi connectivity index (χ0n) is 10.6. The zero-order valence-corrected chi connectivity index (χ0v) is 10.6. The van der Waals surface area contributed by atoms with E-state index in [1.807, 2.05) is 0 Å². The smallest absolute Gasteiger partial charge is 0.252 e. The molecule has 3 N–H and O–H groups in total. The lowest BCUT2D eigenvalue weighted by Gasteiger charge is -2.35. The van der Waals surface area contributed by atoms with Crippen molar-refractivity contribution in [3.05, 3.63) is 0 Å². The van der Waals surface area contributed by atoms with Gasteiger partial charge in [0.25, 0.3) is 5.91 Å². The average molecular weight is 255 g/mol. The van der Waals surface area contributed by atoms with Crippen LogP contribution in [-0.4, -0.2) is 55.1 Å². The molecule has 18 heavy (non-hydrogen) atoms. The molecule has 2 aliphatic heterocycles. The van der Waals surface area contributed by atoms with Crippen molar-refractivity contribution in [2.45, 2.75) is 37.8 Å². The van der Waals surface area contributed by atoms with Crippen LogP contribution in [0.5, 0.6) is 0 Å². The number of primary amides is 1. The molecular weight excluding hydrogens is 234 g/mol. The maximum Gasteiger partial charge on any atom is 0.252 e. The summed E-state index contributed by atoms with van der Waals surface area (Å²) in [6.45, 7) is 2.38. The molecular formula is C12H21N3O3. The molecule has 1 atom stereocenters. The minimum atomic E-state index is -0.458. The molecule has 2 fully saturated rings. The Bertz CT molecular complexity index is 310. The van der Waals surface area contributed by atoms with Gasteiger partial charge in [-0.25, -0.2) is 0 Å². The van der Waals surface area contributed by atoms with E-state index in [1.165, 1.54) is 0 Å². The van der Waals surface area contributed by atoms with Crippen LogP contribution >= 0.6 is 0 Å². The number of nitrogens with zero attached hydrogens (tertiary/aromatic N) is 1. The maximum absolute atomic E-state index is 12.4. The fourth-order valence-electron chi connectivity index (χ4n) is 2.63. The second-order valence-corrected chi connectivity index (χ2v) is 4.92. The molecule has 2 amide bonds. The molecule has 6 nitrogen and oxygen atoms in total. The van der Waals surface area contributed by atoms with E-state index in [1.54, 1.807) is 4.90 Å². The Morgan fingerprint density at radius 3 is 2.56 bits per heavy atom. The van der Waals surface area contributed by atoms with Gasteiger partial charge in [0, 0.05) is 12.6 Å². The average Bonchev–Trinajstić information content (AvgIpc) is 2.90. The Hall–Kier alpha value is -1.14. The van der Waals surface area contributed by atoms with Crippen LogP contribution < -0.4 is 11.1 Å². The lowest BCUT2D eigenvalue weighted by Crippen LogP contribution is -2.52. The predicted octanol–water partition coefficient (Wildman–Crippen LogP) is -0.769. The van der Waals surface area contributed by atoms with Gasteiger partial charge >= 0.3 is 0 Å². The minimum absolute atomic E-state index is 0.00333. The highest BCUT2D eigenvalue weighted by Crippen LogP contribution is 2.19. The topological polar surface area (TPSA) is 84.7 Å². The van der Waals surface area contributed by atoms with Crippen LogP contribution in [0.25, 0.3) is 0 Å². The van der Waals surface area contributed by atoms with Crippen molar-refractivity contribution in [1.82, 2.24) is 10.2 Å². The van der Waals surface area contributed by atoms with Crippen molar-refractivity contribution in [3.63, 3.8) is 0 Å². The van der Waals surface area contributed by atoms with Gasteiger partial charge in [-0.15, -0.1) is 0 Å². The number of rotatable bonds is 4. The second-order valence-electron chi connectivity index (χ2n) is 4.92. The number of amides is 2. The van der Waals surface area contributed by atoms with Crippen molar-refractivity contribution in [3.8, 4) is 0 Å². The lowest BCUT2D eigenvalue weighted by atomic mass is 10.0. The minimum Gasteiger partial charge on any atom is -0.368 e. The Labute approximate surface area is 107 Å². The number of hydrogen-bond donors (Lipinski definition) is 2. The Kier molecular flexibility index (Phi) is 4.54. The summed E-state index contributed by atoms with van der Waals surface area (Å²) in [5.74, 6) is -0.530. The number of nitrogens with two attached hydrogens (primary N) is 1. The summed E-state index contributed by atoms with van der Waals surface area (Å²) in [6.07, 6.45) is 3.02. The van der Waals surface area contributed by atoms with Crippen LogP contribution in [0.3, 0.4) is 0 Å². The molecule has 0 aromatic rings. The van der Waals surface area contributed by atoms with Crippen LogP contribution in [0, 0.1) is 0 Å². The van der Waals surface area contributed by atoms with Crippen LogP contribution in [0.1, 0.15) is 25.7 Å². The normalized spacial score (nSPS) is 25.0. The Balaban J connectivity index is 2.02. The van der Waals surface area contributed by atoms with Crippen LogP contribution in [0.15, 0.2) is 0 Å². The Morgan fingerprint density at radius 2 is 2.00 bits per heavy atom. The first-order chi connectivity index (χ1) is 8.68. The molecule has 0 radical (unpaired) electrons. The molecule has 2 aliphatic rings. The molecule has 0 aromatic carbocycles. The third kappa shape index (κ3) is 3.20. The van der Waals surface area contributed by atoms with Gasteiger partial charge in [-0.3, -0.25) is 9.59 Å². The summed E-state index contributed by atoms with van der Waals surface area (Å²) in [4.78, 5) is 25.1.